The van der Waals surface area contributed by atoms with Crippen molar-refractivity contribution < 1.29 is 34.2 Å². The number of phenols is 1. The first-order valence-corrected chi connectivity index (χ1v) is 18.3. The summed E-state index contributed by atoms with van der Waals surface area (Å²) in [5.74, 6) is -2.34. The predicted octanol–water partition coefficient (Wildman–Crippen LogP) is -3.18. The van der Waals surface area contributed by atoms with Crippen molar-refractivity contribution in [1.82, 2.24) is 53.2 Å². The topological polar surface area (TPSA) is 246 Å². The van der Waals surface area contributed by atoms with Gasteiger partial charge in [0.2, 0.25) is 29.5 Å². The fourth-order valence-corrected chi connectivity index (χ4v) is 6.12. The molecule has 0 saturated heterocycles. The maximum Gasteiger partial charge on any atom is 0.243 e. The molecule has 17 nitrogen and oxygen atoms in total. The Morgan fingerprint density at radius 2 is 1.48 bits per heavy atom. The summed E-state index contributed by atoms with van der Waals surface area (Å²) in [6, 6.07) is 8.02. The Bertz CT molecular complexity index is 1560. The predicted molar refractivity (Wildman–Crippen MR) is 205 cm³/mol. The SMILES string of the molecule is CNCCNC(=O)[C@H](CCNC(=O)[C@H](CNC(=O)[C@@H]1Cc2cccc(c2)-c2ccc(O)c(c2)C[C@H](NC)C(=O)N[C@@H](C[C@@H](O)CNC)C(=O)N1)NC)NC. The Labute approximate surface area is 317 Å². The normalized spacial score (nSPS) is 19.2. The van der Waals surface area contributed by atoms with Gasteiger partial charge in [0.1, 0.15) is 23.9 Å². The monoisotopic (exact) mass is 754 g/mol. The number of fused-ring (bicyclic) bond motifs is 5. The molecule has 3 rings (SSSR count). The van der Waals surface area contributed by atoms with Crippen LogP contribution in [0.1, 0.15) is 24.0 Å². The first kappa shape index (κ1) is 43.8. The van der Waals surface area contributed by atoms with Crippen molar-refractivity contribution >= 4 is 29.5 Å². The smallest absolute Gasteiger partial charge is 0.243 e. The van der Waals surface area contributed by atoms with Gasteiger partial charge in [0, 0.05) is 52.0 Å². The van der Waals surface area contributed by atoms with Crippen molar-refractivity contribution in [1.29, 1.82) is 0 Å². The van der Waals surface area contributed by atoms with E-state index in [-0.39, 0.29) is 50.6 Å². The van der Waals surface area contributed by atoms with Crippen molar-refractivity contribution in [2.24, 2.45) is 0 Å². The third-order valence-electron chi connectivity index (χ3n) is 9.30. The minimum Gasteiger partial charge on any atom is -0.508 e. The zero-order valence-corrected chi connectivity index (χ0v) is 31.8. The fraction of sp³-hybridized carbons (Fsp3) is 0.541. The molecule has 12 N–H and O–H groups in total. The highest BCUT2D eigenvalue weighted by Crippen LogP contribution is 2.28. The van der Waals surface area contributed by atoms with E-state index in [0.29, 0.717) is 25.1 Å². The van der Waals surface area contributed by atoms with Gasteiger partial charge in [-0.3, -0.25) is 24.0 Å². The van der Waals surface area contributed by atoms with Crippen LogP contribution in [0.25, 0.3) is 11.1 Å². The van der Waals surface area contributed by atoms with E-state index >= 15 is 0 Å². The zero-order valence-electron chi connectivity index (χ0n) is 31.8. The van der Waals surface area contributed by atoms with Crippen molar-refractivity contribution in [2.75, 3.05) is 68.0 Å². The molecule has 0 radical (unpaired) electrons. The number of carbonyl (C=O) groups excluding carboxylic acids is 5. The number of benzene rings is 2. The molecule has 54 heavy (non-hydrogen) atoms. The molecule has 0 saturated carbocycles. The third-order valence-corrected chi connectivity index (χ3v) is 9.30. The van der Waals surface area contributed by atoms with Gasteiger partial charge in [-0.05, 0) is 76.0 Å². The molecule has 0 aromatic heterocycles. The zero-order chi connectivity index (χ0) is 39.6. The Morgan fingerprint density at radius 3 is 2.17 bits per heavy atom. The lowest BCUT2D eigenvalue weighted by Crippen LogP contribution is -2.58. The summed E-state index contributed by atoms with van der Waals surface area (Å²) >= 11 is 0. The van der Waals surface area contributed by atoms with Crippen molar-refractivity contribution in [3.8, 4) is 16.9 Å². The molecular weight excluding hydrogens is 696 g/mol. The molecule has 6 atom stereocenters. The van der Waals surface area contributed by atoms with Gasteiger partial charge in [-0.2, -0.15) is 0 Å². The molecule has 5 amide bonds. The minimum atomic E-state index is -1.22. The van der Waals surface area contributed by atoms with Crippen LogP contribution in [0.4, 0.5) is 0 Å². The van der Waals surface area contributed by atoms with Crippen LogP contribution in [0.2, 0.25) is 0 Å². The molecule has 0 fully saturated rings. The largest absolute Gasteiger partial charge is 0.508 e. The number of nitrogens with one attached hydrogen (secondary N) is 10. The average molecular weight is 755 g/mol. The molecule has 17 heteroatoms. The maximum absolute atomic E-state index is 13.9. The molecule has 0 aliphatic carbocycles. The molecule has 2 aromatic carbocycles. The number of aliphatic hydroxyl groups is 1. The van der Waals surface area contributed by atoms with Crippen LogP contribution in [-0.4, -0.2) is 144 Å². The lowest BCUT2D eigenvalue weighted by Gasteiger charge is -2.27. The summed E-state index contributed by atoms with van der Waals surface area (Å²) in [5, 5.41) is 49.9. The van der Waals surface area contributed by atoms with Gasteiger partial charge < -0.3 is 63.4 Å². The van der Waals surface area contributed by atoms with Crippen LogP contribution in [0.5, 0.6) is 5.75 Å². The Morgan fingerprint density at radius 1 is 0.778 bits per heavy atom. The highest BCUT2D eigenvalue weighted by molar-refractivity contribution is 5.94. The average Bonchev–Trinajstić information content (AvgIpc) is 3.15. The Balaban J connectivity index is 1.83. The Kier molecular flexibility index (Phi) is 18.3. The van der Waals surface area contributed by atoms with Gasteiger partial charge >= 0.3 is 0 Å². The van der Waals surface area contributed by atoms with Crippen LogP contribution < -0.4 is 53.2 Å². The van der Waals surface area contributed by atoms with Gasteiger partial charge in [0.25, 0.3) is 0 Å². The van der Waals surface area contributed by atoms with E-state index in [1.54, 1.807) is 53.4 Å². The van der Waals surface area contributed by atoms with Crippen molar-refractivity contribution in [3.05, 3.63) is 53.6 Å². The second-order valence-electron chi connectivity index (χ2n) is 13.3. The number of likely N-dealkylation sites (N-methyl/N-ethyl adjacent to an activating group) is 5. The maximum atomic E-state index is 13.9. The second kappa shape index (κ2) is 22.5. The molecule has 2 aromatic rings. The number of amides is 5. The van der Waals surface area contributed by atoms with E-state index in [0.717, 1.165) is 16.7 Å². The van der Waals surface area contributed by atoms with Crippen LogP contribution in [-0.2, 0) is 36.8 Å². The molecule has 1 heterocycles. The van der Waals surface area contributed by atoms with Gasteiger partial charge in [-0.25, -0.2) is 0 Å². The molecule has 298 valence electrons. The summed E-state index contributed by atoms with van der Waals surface area (Å²) < 4.78 is 0. The molecule has 1 aliphatic rings. The first-order valence-electron chi connectivity index (χ1n) is 18.3. The first-order chi connectivity index (χ1) is 25.9. The standard InChI is InChI=1S/C37H58N10O7/c1-38-13-14-44-33(50)27(40-3)11-12-43-35(52)31(42-5)21-45-34(51)29-16-22-7-6-8-23(15-22)24-9-10-32(49)25(17-24)18-28(41-4)36(53)47-30(37(54)46-29)19-26(48)20-39-2/h6-10,15,17,26-31,38-42,48-49H,11-14,16,18-21H2,1-5H3,(H,43,52)(H,44,50)(H,45,51)(H,46,54)(H,47,53)/t26-,27+,28+,29+,30+,31+/m1/s1. The van der Waals surface area contributed by atoms with Gasteiger partial charge in [-0.15, -0.1) is 0 Å². The highest BCUT2D eigenvalue weighted by Gasteiger charge is 2.32. The number of aliphatic hydroxyl groups excluding tert-OH is 1. The summed E-state index contributed by atoms with van der Waals surface area (Å²) in [7, 11) is 8.28. The fourth-order valence-electron chi connectivity index (χ4n) is 6.12. The second-order valence-corrected chi connectivity index (χ2v) is 13.3. The summed E-state index contributed by atoms with van der Waals surface area (Å²) in [6.45, 7) is 1.33. The number of aromatic hydroxyl groups is 1. The summed E-state index contributed by atoms with van der Waals surface area (Å²) in [5.41, 5.74) is 2.83. The van der Waals surface area contributed by atoms with Gasteiger partial charge in [0.15, 0.2) is 0 Å². The van der Waals surface area contributed by atoms with E-state index < -0.39 is 59.9 Å². The van der Waals surface area contributed by atoms with Gasteiger partial charge in [-0.1, -0.05) is 30.3 Å². The van der Waals surface area contributed by atoms with Crippen molar-refractivity contribution in [3.63, 3.8) is 0 Å². The Hall–Kier alpha value is -4.65. The molecule has 0 spiro atoms. The third kappa shape index (κ3) is 13.3. The number of hydrogen-bond acceptors (Lipinski definition) is 12. The molecule has 0 unspecified atom stereocenters. The quantitative estimate of drug-likeness (QED) is 0.0675. The van der Waals surface area contributed by atoms with E-state index in [1.165, 1.54) is 0 Å². The lowest BCUT2D eigenvalue weighted by atomic mass is 9.96. The van der Waals surface area contributed by atoms with Crippen LogP contribution in [0.15, 0.2) is 42.5 Å². The van der Waals surface area contributed by atoms with Gasteiger partial charge in [0.05, 0.1) is 18.2 Å². The summed E-state index contributed by atoms with van der Waals surface area (Å²) in [4.78, 5) is 66.8. The van der Waals surface area contributed by atoms with E-state index in [4.69, 9.17) is 0 Å². The highest BCUT2D eigenvalue weighted by atomic mass is 16.3. The molecule has 4 bridgehead atoms. The number of carbonyl (C=O) groups is 5. The minimum absolute atomic E-state index is 0.0154. The van der Waals surface area contributed by atoms with Crippen molar-refractivity contribution in [2.45, 2.75) is 62.0 Å². The van der Waals surface area contributed by atoms with E-state index in [1.807, 2.05) is 24.3 Å². The van der Waals surface area contributed by atoms with Crippen LogP contribution >= 0.6 is 0 Å². The van der Waals surface area contributed by atoms with Crippen LogP contribution in [0.3, 0.4) is 0 Å². The number of phenolic OH excluding ortho intramolecular Hbond substituents is 1. The number of hydrogen-bond donors (Lipinski definition) is 12. The number of rotatable bonds is 18. The summed E-state index contributed by atoms with van der Waals surface area (Å²) in [6.07, 6.45) is -0.633. The van der Waals surface area contributed by atoms with Crippen LogP contribution in [0, 0.1) is 0 Å². The molecular formula is C37H58N10O7. The van der Waals surface area contributed by atoms with E-state index in [2.05, 4.69) is 53.2 Å². The van der Waals surface area contributed by atoms with E-state index in [9.17, 15) is 34.2 Å². The molecule has 1 aliphatic heterocycles. The lowest BCUT2D eigenvalue weighted by molar-refractivity contribution is -0.133.